The van der Waals surface area contributed by atoms with Crippen molar-refractivity contribution < 1.29 is 9.59 Å². The maximum Gasteiger partial charge on any atom is 0.292 e. The van der Waals surface area contributed by atoms with Crippen molar-refractivity contribution in [3.05, 3.63) is 35.5 Å². The topological polar surface area (TPSA) is 65.2 Å². The maximum absolute atomic E-state index is 12.4. The molecule has 22 heavy (non-hydrogen) atoms. The third-order valence-electron chi connectivity index (χ3n) is 3.93. The summed E-state index contributed by atoms with van der Waals surface area (Å²) >= 11 is 0. The van der Waals surface area contributed by atoms with Gasteiger partial charge >= 0.3 is 0 Å². The minimum atomic E-state index is -0.542. The number of hydrogen-bond donors (Lipinski definition) is 2. The molecular formula is C17H23N3O2. The van der Waals surface area contributed by atoms with Crippen LogP contribution in [-0.2, 0) is 4.79 Å². The summed E-state index contributed by atoms with van der Waals surface area (Å²) in [5, 5.41) is 3.51. The van der Waals surface area contributed by atoms with E-state index in [-0.39, 0.29) is 0 Å². The van der Waals surface area contributed by atoms with E-state index in [1.54, 1.807) is 0 Å². The highest BCUT2D eigenvalue weighted by molar-refractivity contribution is 6.45. The van der Waals surface area contributed by atoms with E-state index in [9.17, 15) is 9.59 Å². The Labute approximate surface area is 130 Å². The average molecular weight is 301 g/mol. The first-order valence-electron chi connectivity index (χ1n) is 7.70. The van der Waals surface area contributed by atoms with Gasteiger partial charge in [-0.2, -0.15) is 0 Å². The number of benzene rings is 1. The van der Waals surface area contributed by atoms with Crippen LogP contribution in [0.2, 0.25) is 0 Å². The van der Waals surface area contributed by atoms with Gasteiger partial charge in [-0.3, -0.25) is 9.59 Å². The monoisotopic (exact) mass is 301 g/mol. The molecule has 0 unspecified atom stereocenters. The largest absolute Gasteiger partial charge is 0.358 e. The van der Waals surface area contributed by atoms with Gasteiger partial charge in [-0.15, -0.1) is 0 Å². The molecule has 1 heterocycles. The van der Waals surface area contributed by atoms with Crippen LogP contribution < -0.4 is 5.32 Å². The summed E-state index contributed by atoms with van der Waals surface area (Å²) in [6, 6.07) is 7.52. The van der Waals surface area contributed by atoms with Crippen LogP contribution in [0.25, 0.3) is 10.9 Å². The third-order valence-corrected chi connectivity index (χ3v) is 3.93. The number of para-hydroxylation sites is 1. The number of rotatable bonds is 7. The predicted octanol–water partition coefficient (Wildman–Crippen LogP) is 2.12. The lowest BCUT2D eigenvalue weighted by Crippen LogP contribution is -2.38. The molecule has 1 aromatic heterocycles. The molecule has 0 aliphatic rings. The molecule has 1 amide bonds. The number of nitrogens with one attached hydrogen (secondary N) is 2. The van der Waals surface area contributed by atoms with E-state index < -0.39 is 11.7 Å². The van der Waals surface area contributed by atoms with Gasteiger partial charge in [-0.25, -0.2) is 0 Å². The number of H-pyrrole nitrogens is 1. The van der Waals surface area contributed by atoms with Gasteiger partial charge in [0.15, 0.2) is 0 Å². The Morgan fingerprint density at radius 2 is 1.86 bits per heavy atom. The number of aromatic amines is 1. The zero-order valence-electron chi connectivity index (χ0n) is 13.4. The number of hydrogen-bond acceptors (Lipinski definition) is 3. The fourth-order valence-corrected chi connectivity index (χ4v) is 2.63. The van der Waals surface area contributed by atoms with E-state index in [0.29, 0.717) is 12.1 Å². The lowest BCUT2D eigenvalue weighted by atomic mass is 10.1. The van der Waals surface area contributed by atoms with Crippen LogP contribution in [0.5, 0.6) is 0 Å². The minimum Gasteiger partial charge on any atom is -0.358 e. The van der Waals surface area contributed by atoms with Crippen molar-refractivity contribution in [2.45, 2.75) is 20.8 Å². The summed E-state index contributed by atoms with van der Waals surface area (Å²) in [4.78, 5) is 29.9. The molecule has 0 aliphatic carbocycles. The van der Waals surface area contributed by atoms with Crippen LogP contribution in [0.3, 0.4) is 0 Å². The van der Waals surface area contributed by atoms with E-state index in [1.165, 1.54) is 0 Å². The Balaban J connectivity index is 2.07. The second-order valence-corrected chi connectivity index (χ2v) is 5.28. The Hall–Kier alpha value is -2.14. The first-order valence-corrected chi connectivity index (χ1v) is 7.70. The summed E-state index contributed by atoms with van der Waals surface area (Å²) in [7, 11) is 0. The molecule has 2 N–H and O–H groups in total. The SMILES string of the molecule is CCN(CC)CCNC(=O)C(=O)c1c(C)[nH]c2ccccc12. The van der Waals surface area contributed by atoms with Gasteiger partial charge in [-0.1, -0.05) is 32.0 Å². The molecule has 2 rings (SSSR count). The highest BCUT2D eigenvalue weighted by atomic mass is 16.2. The summed E-state index contributed by atoms with van der Waals surface area (Å²) in [5.41, 5.74) is 2.07. The molecule has 0 aliphatic heterocycles. The number of ketones is 1. The Morgan fingerprint density at radius 1 is 1.18 bits per heavy atom. The molecule has 0 saturated carbocycles. The molecule has 5 heteroatoms. The molecule has 0 atom stereocenters. The second-order valence-electron chi connectivity index (χ2n) is 5.28. The van der Waals surface area contributed by atoms with E-state index in [0.717, 1.165) is 36.2 Å². The highest BCUT2D eigenvalue weighted by Crippen LogP contribution is 2.22. The van der Waals surface area contributed by atoms with Crippen LogP contribution in [0.1, 0.15) is 29.9 Å². The van der Waals surface area contributed by atoms with Crippen LogP contribution in [0.4, 0.5) is 0 Å². The summed E-state index contributed by atoms with van der Waals surface area (Å²) in [6.07, 6.45) is 0. The number of likely N-dealkylation sites (N-methyl/N-ethyl adjacent to an activating group) is 1. The van der Waals surface area contributed by atoms with Gasteiger partial charge < -0.3 is 15.2 Å². The highest BCUT2D eigenvalue weighted by Gasteiger charge is 2.22. The van der Waals surface area contributed by atoms with E-state index in [1.807, 2.05) is 31.2 Å². The van der Waals surface area contributed by atoms with Crippen molar-refractivity contribution in [1.29, 1.82) is 0 Å². The fourth-order valence-electron chi connectivity index (χ4n) is 2.63. The van der Waals surface area contributed by atoms with Crippen LogP contribution >= 0.6 is 0 Å². The Morgan fingerprint density at radius 3 is 2.55 bits per heavy atom. The first-order chi connectivity index (χ1) is 10.6. The van der Waals surface area contributed by atoms with Gasteiger partial charge in [0.05, 0.1) is 5.56 Å². The molecule has 0 bridgehead atoms. The zero-order valence-corrected chi connectivity index (χ0v) is 13.4. The quantitative estimate of drug-likeness (QED) is 0.608. The molecule has 0 radical (unpaired) electrons. The number of Topliss-reactive ketones (excluding diaryl/α,β-unsaturated/α-hetero) is 1. The number of aromatic nitrogens is 1. The van der Waals surface area contributed by atoms with Crippen LogP contribution in [0.15, 0.2) is 24.3 Å². The summed E-state index contributed by atoms with van der Waals surface area (Å²) in [6.45, 7) is 9.06. The standard InChI is InChI=1S/C17H23N3O2/c1-4-20(5-2)11-10-18-17(22)16(21)15-12(3)19-14-9-7-6-8-13(14)15/h6-9,19H,4-5,10-11H2,1-3H3,(H,18,22). The molecule has 118 valence electrons. The summed E-state index contributed by atoms with van der Waals surface area (Å²) < 4.78 is 0. The number of fused-ring (bicyclic) bond motifs is 1. The van der Waals surface area contributed by atoms with Gasteiger partial charge in [0.25, 0.3) is 11.7 Å². The maximum atomic E-state index is 12.4. The number of carbonyl (C=O) groups is 2. The summed E-state index contributed by atoms with van der Waals surface area (Å²) in [5.74, 6) is -1.02. The number of carbonyl (C=O) groups excluding carboxylic acids is 2. The predicted molar refractivity (Wildman–Crippen MR) is 88.2 cm³/mol. The lowest BCUT2D eigenvalue weighted by molar-refractivity contribution is -0.117. The van der Waals surface area contributed by atoms with Gasteiger partial charge in [0.2, 0.25) is 0 Å². The van der Waals surface area contributed by atoms with Gasteiger partial charge in [0.1, 0.15) is 0 Å². The van der Waals surface area contributed by atoms with Gasteiger partial charge in [-0.05, 0) is 26.1 Å². The molecule has 0 spiro atoms. The van der Waals surface area contributed by atoms with Crippen molar-refractivity contribution >= 4 is 22.6 Å². The van der Waals surface area contributed by atoms with Gasteiger partial charge in [0, 0.05) is 29.7 Å². The van der Waals surface area contributed by atoms with Crippen molar-refractivity contribution in [1.82, 2.24) is 15.2 Å². The zero-order chi connectivity index (χ0) is 16.1. The molecule has 1 aromatic carbocycles. The second kappa shape index (κ2) is 7.22. The average Bonchev–Trinajstić information content (AvgIpc) is 2.86. The number of amides is 1. The Bertz CT molecular complexity index is 672. The molecule has 0 saturated heterocycles. The fraction of sp³-hybridized carbons (Fsp3) is 0.412. The van der Waals surface area contributed by atoms with Crippen LogP contribution in [0, 0.1) is 6.92 Å². The lowest BCUT2D eigenvalue weighted by Gasteiger charge is -2.17. The minimum absolute atomic E-state index is 0.468. The van der Waals surface area contributed by atoms with Crippen molar-refractivity contribution in [3.8, 4) is 0 Å². The van der Waals surface area contributed by atoms with E-state index >= 15 is 0 Å². The smallest absolute Gasteiger partial charge is 0.292 e. The van der Waals surface area contributed by atoms with E-state index in [2.05, 4.69) is 29.0 Å². The van der Waals surface area contributed by atoms with Crippen LogP contribution in [-0.4, -0.2) is 47.8 Å². The molecule has 0 fully saturated rings. The molecule has 5 nitrogen and oxygen atoms in total. The van der Waals surface area contributed by atoms with Crippen molar-refractivity contribution in [2.24, 2.45) is 0 Å². The molecule has 2 aromatic rings. The molecular weight excluding hydrogens is 278 g/mol. The van der Waals surface area contributed by atoms with Crippen molar-refractivity contribution in [3.63, 3.8) is 0 Å². The van der Waals surface area contributed by atoms with E-state index in [4.69, 9.17) is 0 Å². The number of aryl methyl sites for hydroxylation is 1. The third kappa shape index (κ3) is 3.36. The number of nitrogens with zero attached hydrogens (tertiary/aromatic N) is 1. The van der Waals surface area contributed by atoms with Crippen molar-refractivity contribution in [2.75, 3.05) is 26.2 Å². The Kier molecular flexibility index (Phi) is 5.33. The normalized spacial score (nSPS) is 11.1. The first kappa shape index (κ1) is 16.2.